The number of hydrogen-bond donors (Lipinski definition) is 1. The van der Waals surface area contributed by atoms with E-state index in [1.165, 1.54) is 6.08 Å². The number of ketones is 1. The van der Waals surface area contributed by atoms with Crippen molar-refractivity contribution in [2.24, 2.45) is 11.7 Å². The number of allylic oxidation sites excluding steroid dienone is 1. The molecule has 14 heavy (non-hydrogen) atoms. The van der Waals surface area contributed by atoms with Crippen molar-refractivity contribution in [2.45, 2.75) is 25.7 Å². The molecule has 0 aromatic rings. The molecule has 1 amide bonds. The molecule has 1 aliphatic carbocycles. The van der Waals surface area contributed by atoms with Gasteiger partial charge in [0.1, 0.15) is 5.92 Å². The fraction of sp³-hybridized carbons (Fsp3) is 0.500. The van der Waals surface area contributed by atoms with E-state index < -0.39 is 11.8 Å². The van der Waals surface area contributed by atoms with Gasteiger partial charge in [0, 0.05) is 6.42 Å². The van der Waals surface area contributed by atoms with Crippen LogP contribution in [0.15, 0.2) is 11.6 Å². The average Bonchev–Trinajstić information content (AvgIpc) is 2.31. The number of rotatable bonds is 2. The van der Waals surface area contributed by atoms with Gasteiger partial charge in [0.2, 0.25) is 5.91 Å². The molecular weight excluding hydrogens is 180 g/mol. The normalized spacial score (nSPS) is 19.1. The Morgan fingerprint density at radius 2 is 2.14 bits per heavy atom. The first-order chi connectivity index (χ1) is 6.65. The van der Waals surface area contributed by atoms with E-state index in [1.54, 1.807) is 0 Å². The number of amides is 1. The molecule has 74 valence electrons. The molecule has 0 aromatic carbocycles. The van der Waals surface area contributed by atoms with Crippen LogP contribution in [0.4, 0.5) is 0 Å². The largest absolute Gasteiger partial charge is 0.368 e. The first-order valence-electron chi connectivity index (χ1n) is 4.57. The van der Waals surface area contributed by atoms with E-state index >= 15 is 0 Å². The minimum Gasteiger partial charge on any atom is -0.368 e. The topological polar surface area (TPSA) is 83.9 Å². The molecule has 0 aromatic heterocycles. The highest BCUT2D eigenvalue weighted by molar-refractivity contribution is 5.92. The summed E-state index contributed by atoms with van der Waals surface area (Å²) < 4.78 is 0. The van der Waals surface area contributed by atoms with Gasteiger partial charge in [-0.3, -0.25) is 9.59 Å². The summed E-state index contributed by atoms with van der Waals surface area (Å²) in [6, 6.07) is 1.82. The van der Waals surface area contributed by atoms with Crippen molar-refractivity contribution in [3.63, 3.8) is 0 Å². The highest BCUT2D eigenvalue weighted by atomic mass is 16.1. The SMILES string of the molecule is N#C[C@@H](C(N)=O)C1=CC(=O)CCCC1. The predicted octanol–water partition coefficient (Wildman–Crippen LogP) is 0.681. The van der Waals surface area contributed by atoms with E-state index in [0.29, 0.717) is 18.4 Å². The molecule has 0 fully saturated rings. The Kier molecular flexibility index (Phi) is 3.41. The van der Waals surface area contributed by atoms with E-state index in [-0.39, 0.29) is 5.78 Å². The van der Waals surface area contributed by atoms with Gasteiger partial charge in [0.15, 0.2) is 5.78 Å². The molecule has 4 nitrogen and oxygen atoms in total. The van der Waals surface area contributed by atoms with Gasteiger partial charge >= 0.3 is 0 Å². The maximum atomic E-state index is 11.2. The smallest absolute Gasteiger partial charge is 0.238 e. The Labute approximate surface area is 82.4 Å². The van der Waals surface area contributed by atoms with Crippen LogP contribution < -0.4 is 5.73 Å². The number of carbonyl (C=O) groups excluding carboxylic acids is 2. The van der Waals surface area contributed by atoms with Crippen molar-refractivity contribution in [1.29, 1.82) is 5.26 Å². The molecule has 0 unspecified atom stereocenters. The lowest BCUT2D eigenvalue weighted by atomic mass is 9.96. The second-order valence-electron chi connectivity index (χ2n) is 3.36. The Morgan fingerprint density at radius 1 is 1.50 bits per heavy atom. The number of hydrogen-bond acceptors (Lipinski definition) is 3. The molecule has 0 saturated heterocycles. The van der Waals surface area contributed by atoms with Crippen LogP contribution in [-0.4, -0.2) is 11.7 Å². The monoisotopic (exact) mass is 192 g/mol. The molecule has 1 atom stereocenters. The number of nitrogens with two attached hydrogens (primary N) is 1. The number of carbonyl (C=O) groups is 2. The van der Waals surface area contributed by atoms with Gasteiger partial charge in [0.05, 0.1) is 6.07 Å². The van der Waals surface area contributed by atoms with Crippen LogP contribution in [0.5, 0.6) is 0 Å². The second-order valence-corrected chi connectivity index (χ2v) is 3.36. The fourth-order valence-corrected chi connectivity index (χ4v) is 1.54. The van der Waals surface area contributed by atoms with Gasteiger partial charge in [-0.2, -0.15) is 5.26 Å². The summed E-state index contributed by atoms with van der Waals surface area (Å²) in [5.74, 6) is -1.62. The first kappa shape index (κ1) is 10.5. The molecule has 1 rings (SSSR count). The summed E-state index contributed by atoms with van der Waals surface area (Å²) in [5, 5.41) is 8.72. The predicted molar refractivity (Wildman–Crippen MR) is 49.9 cm³/mol. The minimum absolute atomic E-state index is 0.0148. The lowest BCUT2D eigenvalue weighted by Crippen LogP contribution is -2.23. The Morgan fingerprint density at radius 3 is 2.71 bits per heavy atom. The highest BCUT2D eigenvalue weighted by Crippen LogP contribution is 2.21. The zero-order chi connectivity index (χ0) is 10.6. The lowest BCUT2D eigenvalue weighted by molar-refractivity contribution is -0.119. The first-order valence-corrected chi connectivity index (χ1v) is 4.57. The third-order valence-electron chi connectivity index (χ3n) is 2.27. The van der Waals surface area contributed by atoms with Crippen LogP contribution in [0.3, 0.4) is 0 Å². The summed E-state index contributed by atoms with van der Waals surface area (Å²) >= 11 is 0. The van der Waals surface area contributed by atoms with Crippen LogP contribution >= 0.6 is 0 Å². The van der Waals surface area contributed by atoms with Gasteiger partial charge in [-0.15, -0.1) is 0 Å². The maximum Gasteiger partial charge on any atom is 0.238 e. The number of nitriles is 1. The van der Waals surface area contributed by atoms with E-state index in [2.05, 4.69) is 0 Å². The van der Waals surface area contributed by atoms with E-state index in [1.807, 2.05) is 6.07 Å². The van der Waals surface area contributed by atoms with Crippen LogP contribution in [0, 0.1) is 17.2 Å². The number of nitrogens with zero attached hydrogens (tertiary/aromatic N) is 1. The quantitative estimate of drug-likeness (QED) is 0.698. The van der Waals surface area contributed by atoms with Gasteiger partial charge in [-0.25, -0.2) is 0 Å². The summed E-state index contributed by atoms with van der Waals surface area (Å²) in [4.78, 5) is 22.1. The Hall–Kier alpha value is -1.63. The molecule has 0 heterocycles. The Balaban J connectivity index is 2.88. The highest BCUT2D eigenvalue weighted by Gasteiger charge is 2.21. The molecule has 4 heteroatoms. The van der Waals surface area contributed by atoms with E-state index in [4.69, 9.17) is 11.0 Å². The van der Waals surface area contributed by atoms with Crippen molar-refractivity contribution in [3.05, 3.63) is 11.6 Å². The molecule has 0 aliphatic heterocycles. The second kappa shape index (κ2) is 4.56. The van der Waals surface area contributed by atoms with Gasteiger partial charge in [0.25, 0.3) is 0 Å². The number of primary amides is 1. The molecule has 0 bridgehead atoms. The fourth-order valence-electron chi connectivity index (χ4n) is 1.54. The summed E-state index contributed by atoms with van der Waals surface area (Å²) in [5.41, 5.74) is 5.63. The summed E-state index contributed by atoms with van der Waals surface area (Å²) in [6.45, 7) is 0. The van der Waals surface area contributed by atoms with Gasteiger partial charge in [-0.05, 0) is 30.9 Å². The molecule has 1 aliphatic rings. The van der Waals surface area contributed by atoms with Crippen LogP contribution in [0.1, 0.15) is 25.7 Å². The lowest BCUT2D eigenvalue weighted by Gasteiger charge is -2.07. The standard InChI is InChI=1S/C10H12N2O2/c11-6-9(10(12)14)7-3-1-2-4-8(13)5-7/h5,9H,1-4H2,(H2,12,14)/t9-/m1/s1. The van der Waals surface area contributed by atoms with Crippen molar-refractivity contribution >= 4 is 11.7 Å². The minimum atomic E-state index is -0.933. The van der Waals surface area contributed by atoms with Gasteiger partial charge in [-0.1, -0.05) is 0 Å². The van der Waals surface area contributed by atoms with Crippen molar-refractivity contribution in [1.82, 2.24) is 0 Å². The zero-order valence-electron chi connectivity index (χ0n) is 7.82. The third kappa shape index (κ3) is 2.43. The molecule has 0 saturated carbocycles. The average molecular weight is 192 g/mol. The van der Waals surface area contributed by atoms with Crippen molar-refractivity contribution in [2.75, 3.05) is 0 Å². The molecule has 2 N–H and O–H groups in total. The Bertz CT molecular complexity index is 326. The van der Waals surface area contributed by atoms with Crippen molar-refractivity contribution < 1.29 is 9.59 Å². The maximum absolute atomic E-state index is 11.2. The molecule has 0 radical (unpaired) electrons. The van der Waals surface area contributed by atoms with E-state index in [0.717, 1.165) is 12.8 Å². The third-order valence-corrected chi connectivity index (χ3v) is 2.27. The molecule has 0 spiro atoms. The molecular formula is C10H12N2O2. The summed E-state index contributed by atoms with van der Waals surface area (Å²) in [6.07, 6.45) is 4.18. The summed E-state index contributed by atoms with van der Waals surface area (Å²) in [7, 11) is 0. The van der Waals surface area contributed by atoms with Crippen LogP contribution in [-0.2, 0) is 9.59 Å². The van der Waals surface area contributed by atoms with Gasteiger partial charge < -0.3 is 5.73 Å². The zero-order valence-corrected chi connectivity index (χ0v) is 7.82. The van der Waals surface area contributed by atoms with Crippen LogP contribution in [0.2, 0.25) is 0 Å². The van der Waals surface area contributed by atoms with E-state index in [9.17, 15) is 9.59 Å². The van der Waals surface area contributed by atoms with Crippen molar-refractivity contribution in [3.8, 4) is 6.07 Å². The van der Waals surface area contributed by atoms with Crippen LogP contribution in [0.25, 0.3) is 0 Å².